The van der Waals surface area contributed by atoms with Gasteiger partial charge in [-0.15, -0.1) is 0 Å². The first-order chi connectivity index (χ1) is 13.8. The molecule has 9 heteroatoms. The van der Waals surface area contributed by atoms with Crippen LogP contribution in [0.4, 0.5) is 5.69 Å². The lowest BCUT2D eigenvalue weighted by atomic mass is 10.1. The molecule has 0 spiro atoms. The summed E-state index contributed by atoms with van der Waals surface area (Å²) in [5.74, 6) is -0.241. The fourth-order valence-corrected chi connectivity index (χ4v) is 4.01. The largest absolute Gasteiger partial charge is 0.340 e. The van der Waals surface area contributed by atoms with Crippen molar-refractivity contribution in [3.05, 3.63) is 56.4 Å². The third-order valence-electron chi connectivity index (χ3n) is 5.37. The van der Waals surface area contributed by atoms with Gasteiger partial charge in [0, 0.05) is 37.7 Å². The van der Waals surface area contributed by atoms with E-state index < -0.39 is 4.92 Å². The van der Waals surface area contributed by atoms with E-state index in [2.05, 4.69) is 16.1 Å². The Morgan fingerprint density at radius 1 is 1.28 bits per heavy atom. The SMILES string of the molecule is Cc1nn(CC(C)C(=O)N2CCN(Cc3cccc(Cl)c3)CC2)c(C)c1[N+](=O)[O-]. The van der Waals surface area contributed by atoms with Gasteiger partial charge in [-0.25, -0.2) is 0 Å². The van der Waals surface area contributed by atoms with Crippen molar-refractivity contribution in [2.75, 3.05) is 26.2 Å². The van der Waals surface area contributed by atoms with Crippen molar-refractivity contribution in [2.24, 2.45) is 5.92 Å². The first-order valence-electron chi connectivity index (χ1n) is 9.70. The Balaban J connectivity index is 1.55. The number of aryl methyl sites for hydroxylation is 1. The Hall–Kier alpha value is -2.45. The topological polar surface area (TPSA) is 84.5 Å². The van der Waals surface area contributed by atoms with Crippen LogP contribution in [0.25, 0.3) is 0 Å². The van der Waals surface area contributed by atoms with Crippen molar-refractivity contribution in [3.63, 3.8) is 0 Å². The van der Waals surface area contributed by atoms with Gasteiger partial charge in [0.2, 0.25) is 5.91 Å². The third-order valence-corrected chi connectivity index (χ3v) is 5.61. The van der Waals surface area contributed by atoms with E-state index in [0.29, 0.717) is 31.0 Å². The molecule has 0 N–H and O–H groups in total. The molecular weight excluding hydrogens is 394 g/mol. The van der Waals surface area contributed by atoms with Gasteiger partial charge >= 0.3 is 5.69 Å². The van der Waals surface area contributed by atoms with Crippen LogP contribution in [0, 0.1) is 29.9 Å². The summed E-state index contributed by atoms with van der Waals surface area (Å²) >= 11 is 6.05. The van der Waals surface area contributed by atoms with Gasteiger partial charge < -0.3 is 4.90 Å². The van der Waals surface area contributed by atoms with Crippen LogP contribution in [-0.2, 0) is 17.9 Å². The van der Waals surface area contributed by atoms with Crippen LogP contribution in [-0.4, -0.2) is 56.6 Å². The highest BCUT2D eigenvalue weighted by Crippen LogP contribution is 2.23. The van der Waals surface area contributed by atoms with Gasteiger partial charge in [0.15, 0.2) is 0 Å². The monoisotopic (exact) mass is 419 g/mol. The number of nitrogens with zero attached hydrogens (tertiary/aromatic N) is 5. The van der Waals surface area contributed by atoms with E-state index in [1.165, 1.54) is 0 Å². The molecule has 8 nitrogen and oxygen atoms in total. The smallest absolute Gasteiger partial charge is 0.312 e. The number of amides is 1. The minimum atomic E-state index is -0.417. The molecule has 1 aliphatic heterocycles. The summed E-state index contributed by atoms with van der Waals surface area (Å²) in [5.41, 5.74) is 2.05. The lowest BCUT2D eigenvalue weighted by Gasteiger charge is -2.36. The molecule has 0 radical (unpaired) electrons. The van der Waals surface area contributed by atoms with E-state index in [0.717, 1.165) is 30.2 Å². The van der Waals surface area contributed by atoms with Gasteiger partial charge in [-0.1, -0.05) is 30.7 Å². The number of carbonyl (C=O) groups is 1. The van der Waals surface area contributed by atoms with Crippen LogP contribution in [0.1, 0.15) is 23.9 Å². The molecule has 2 heterocycles. The van der Waals surface area contributed by atoms with E-state index >= 15 is 0 Å². The number of benzene rings is 1. The van der Waals surface area contributed by atoms with Crippen LogP contribution in [0.2, 0.25) is 5.02 Å². The molecule has 0 aliphatic carbocycles. The van der Waals surface area contributed by atoms with Crippen LogP contribution in [0.15, 0.2) is 24.3 Å². The molecule has 1 fully saturated rings. The molecule has 2 aromatic rings. The number of aromatic nitrogens is 2. The summed E-state index contributed by atoms with van der Waals surface area (Å²) in [7, 11) is 0. The fraction of sp³-hybridized carbons (Fsp3) is 0.500. The van der Waals surface area contributed by atoms with Gasteiger partial charge in [0.25, 0.3) is 0 Å². The number of rotatable bonds is 6. The number of hydrogen-bond donors (Lipinski definition) is 0. The highest BCUT2D eigenvalue weighted by atomic mass is 35.5. The minimum absolute atomic E-state index is 0.0271. The van der Waals surface area contributed by atoms with E-state index in [1.807, 2.05) is 30.0 Å². The standard InChI is InChI=1S/C20H26ClN5O3/c1-14(12-25-16(3)19(26(28)29)15(2)22-25)20(27)24-9-7-23(8-10-24)13-17-5-4-6-18(21)11-17/h4-6,11,14H,7-10,12-13H2,1-3H3. The second kappa shape index (κ2) is 8.92. The molecule has 3 rings (SSSR count). The molecule has 1 amide bonds. The highest BCUT2D eigenvalue weighted by Gasteiger charge is 2.28. The lowest BCUT2D eigenvalue weighted by Crippen LogP contribution is -2.50. The van der Waals surface area contributed by atoms with Crippen LogP contribution in [0.3, 0.4) is 0 Å². The molecular formula is C20H26ClN5O3. The van der Waals surface area contributed by atoms with Crippen molar-refractivity contribution in [1.29, 1.82) is 0 Å². The number of halogens is 1. The van der Waals surface area contributed by atoms with Crippen molar-refractivity contribution >= 4 is 23.2 Å². The average Bonchev–Trinajstić information content (AvgIpc) is 2.95. The number of hydrogen-bond acceptors (Lipinski definition) is 5. The van der Waals surface area contributed by atoms with Gasteiger partial charge in [0.05, 0.1) is 17.4 Å². The lowest BCUT2D eigenvalue weighted by molar-refractivity contribution is -0.386. The normalized spacial score (nSPS) is 16.1. The molecule has 1 aliphatic rings. The predicted molar refractivity (Wildman–Crippen MR) is 111 cm³/mol. The Morgan fingerprint density at radius 2 is 1.97 bits per heavy atom. The molecule has 29 heavy (non-hydrogen) atoms. The Bertz CT molecular complexity index is 906. The minimum Gasteiger partial charge on any atom is -0.340 e. The molecule has 0 bridgehead atoms. The quantitative estimate of drug-likeness (QED) is 0.530. The van der Waals surface area contributed by atoms with Crippen molar-refractivity contribution in [3.8, 4) is 0 Å². The predicted octanol–water partition coefficient (Wildman–Crippen LogP) is 3.04. The average molecular weight is 420 g/mol. The molecule has 1 saturated heterocycles. The van der Waals surface area contributed by atoms with Crippen molar-refractivity contribution < 1.29 is 9.72 Å². The molecule has 1 atom stereocenters. The van der Waals surface area contributed by atoms with Gasteiger partial charge in [0.1, 0.15) is 11.4 Å². The summed E-state index contributed by atoms with van der Waals surface area (Å²) < 4.78 is 1.57. The van der Waals surface area contributed by atoms with Gasteiger partial charge in [-0.2, -0.15) is 5.10 Å². The van der Waals surface area contributed by atoms with E-state index in [1.54, 1.807) is 18.5 Å². The number of carbonyl (C=O) groups excluding carboxylic acids is 1. The number of nitro groups is 1. The summed E-state index contributed by atoms with van der Waals surface area (Å²) in [6.07, 6.45) is 0. The summed E-state index contributed by atoms with van der Waals surface area (Å²) in [4.78, 5) is 27.8. The van der Waals surface area contributed by atoms with Crippen LogP contribution >= 0.6 is 11.6 Å². The molecule has 1 aromatic heterocycles. The van der Waals surface area contributed by atoms with Crippen molar-refractivity contribution in [1.82, 2.24) is 19.6 Å². The Kier molecular flexibility index (Phi) is 6.54. The first-order valence-corrected chi connectivity index (χ1v) is 10.1. The molecule has 1 unspecified atom stereocenters. The van der Waals surface area contributed by atoms with Crippen molar-refractivity contribution in [2.45, 2.75) is 33.9 Å². The molecule has 1 aromatic carbocycles. The zero-order chi connectivity index (χ0) is 21.1. The maximum absolute atomic E-state index is 12.9. The van der Waals surface area contributed by atoms with Crippen LogP contribution < -0.4 is 0 Å². The van der Waals surface area contributed by atoms with Gasteiger partial charge in [-0.05, 0) is 31.5 Å². The first kappa shape index (κ1) is 21.3. The second-order valence-electron chi connectivity index (χ2n) is 7.59. The number of piperazine rings is 1. The zero-order valence-corrected chi connectivity index (χ0v) is 17.7. The summed E-state index contributed by atoms with van der Waals surface area (Å²) in [6.45, 7) is 9.23. The van der Waals surface area contributed by atoms with E-state index in [4.69, 9.17) is 11.6 Å². The summed E-state index contributed by atoms with van der Waals surface area (Å²) in [5, 5.41) is 16.1. The summed E-state index contributed by atoms with van der Waals surface area (Å²) in [6, 6.07) is 7.83. The molecule has 0 saturated carbocycles. The maximum atomic E-state index is 12.9. The Labute approximate surface area is 175 Å². The third kappa shape index (κ3) is 4.94. The molecule has 156 valence electrons. The second-order valence-corrected chi connectivity index (χ2v) is 8.03. The van der Waals surface area contributed by atoms with E-state index in [9.17, 15) is 14.9 Å². The van der Waals surface area contributed by atoms with Gasteiger partial charge in [-0.3, -0.25) is 24.5 Å². The maximum Gasteiger partial charge on any atom is 0.312 e. The zero-order valence-electron chi connectivity index (χ0n) is 17.0. The van der Waals surface area contributed by atoms with E-state index in [-0.39, 0.29) is 17.5 Å². The Morgan fingerprint density at radius 3 is 2.55 bits per heavy atom. The fourth-order valence-electron chi connectivity index (χ4n) is 3.80. The highest BCUT2D eigenvalue weighted by molar-refractivity contribution is 6.30. The van der Waals surface area contributed by atoms with Crippen LogP contribution in [0.5, 0.6) is 0 Å².